The number of carbonyl (C=O) groups excluding carboxylic acids is 1. The topological polar surface area (TPSA) is 49.8 Å². The van der Waals surface area contributed by atoms with Crippen molar-refractivity contribution in [3.05, 3.63) is 29.3 Å². The summed E-state index contributed by atoms with van der Waals surface area (Å²) in [6.45, 7) is 4.45. The Hall–Kier alpha value is -1.55. The zero-order chi connectivity index (χ0) is 12.4. The van der Waals surface area contributed by atoms with Crippen LogP contribution in [0.3, 0.4) is 0 Å². The lowest BCUT2D eigenvalue weighted by atomic mass is 10.1. The second kappa shape index (κ2) is 4.75. The average Bonchev–Trinajstić information content (AvgIpc) is 2.32. The zero-order valence-electron chi connectivity index (χ0n) is 10.1. The molecule has 17 heavy (non-hydrogen) atoms. The van der Waals surface area contributed by atoms with Crippen LogP contribution < -0.4 is 4.90 Å². The van der Waals surface area contributed by atoms with E-state index in [9.17, 15) is 4.79 Å². The molecule has 2 rings (SSSR count). The van der Waals surface area contributed by atoms with Gasteiger partial charge in [0, 0.05) is 13.0 Å². The normalized spacial score (nSPS) is 20.3. The van der Waals surface area contributed by atoms with E-state index >= 15 is 0 Å². The summed E-state index contributed by atoms with van der Waals surface area (Å²) in [6, 6.07) is 6.00. The molecule has 1 aromatic carbocycles. The predicted octanol–water partition coefficient (Wildman–Crippen LogP) is 2.01. The molecule has 0 spiro atoms. The van der Waals surface area contributed by atoms with Gasteiger partial charge < -0.3 is 9.84 Å². The first kappa shape index (κ1) is 11.9. The van der Waals surface area contributed by atoms with Crippen LogP contribution >= 0.6 is 0 Å². The van der Waals surface area contributed by atoms with Crippen molar-refractivity contribution < 1.29 is 14.6 Å². The first-order chi connectivity index (χ1) is 8.11. The van der Waals surface area contributed by atoms with Crippen LogP contribution in [0.25, 0.3) is 0 Å². The lowest BCUT2D eigenvalue weighted by molar-refractivity contribution is 0.0452. The maximum atomic E-state index is 11.8. The van der Waals surface area contributed by atoms with Gasteiger partial charge in [-0.3, -0.25) is 4.90 Å². The van der Waals surface area contributed by atoms with Crippen LogP contribution in [0.1, 0.15) is 17.5 Å². The Morgan fingerprint density at radius 3 is 2.88 bits per heavy atom. The Bertz CT molecular complexity index is 431. The number of cyclic esters (lactones) is 1. The molecule has 1 saturated heterocycles. The Morgan fingerprint density at radius 1 is 1.47 bits per heavy atom. The summed E-state index contributed by atoms with van der Waals surface area (Å²) < 4.78 is 5.13. The van der Waals surface area contributed by atoms with E-state index in [4.69, 9.17) is 9.84 Å². The molecule has 0 saturated carbocycles. The lowest BCUT2D eigenvalue weighted by Gasteiger charge is -2.31. The smallest absolute Gasteiger partial charge is 0.414 e. The zero-order valence-corrected chi connectivity index (χ0v) is 10.1. The van der Waals surface area contributed by atoms with Gasteiger partial charge in [0.25, 0.3) is 0 Å². The number of aliphatic hydroxyl groups excluding tert-OH is 1. The molecule has 1 aliphatic heterocycles. The van der Waals surface area contributed by atoms with Crippen molar-refractivity contribution in [2.75, 3.05) is 18.1 Å². The first-order valence-electron chi connectivity index (χ1n) is 5.78. The van der Waals surface area contributed by atoms with E-state index < -0.39 is 0 Å². The van der Waals surface area contributed by atoms with Gasteiger partial charge in [0.1, 0.15) is 6.10 Å². The maximum absolute atomic E-state index is 11.8. The molecule has 4 nitrogen and oxygen atoms in total. The van der Waals surface area contributed by atoms with Crippen molar-refractivity contribution in [3.8, 4) is 0 Å². The molecule has 1 aliphatic rings. The number of amides is 1. The number of ether oxygens (including phenoxy) is 1. The second-order valence-corrected chi connectivity index (χ2v) is 4.42. The van der Waals surface area contributed by atoms with Crippen LogP contribution in [-0.4, -0.2) is 30.5 Å². The molecule has 1 N–H and O–H groups in total. The molecule has 1 unspecified atom stereocenters. The van der Waals surface area contributed by atoms with Crippen molar-refractivity contribution in [2.45, 2.75) is 26.4 Å². The number of rotatable bonds is 2. The maximum Gasteiger partial charge on any atom is 0.414 e. The molecular formula is C13H17NO3. The molecule has 4 heteroatoms. The molecule has 0 radical (unpaired) electrons. The van der Waals surface area contributed by atoms with E-state index in [-0.39, 0.29) is 18.8 Å². The largest absolute Gasteiger partial charge is 0.443 e. The third kappa shape index (κ3) is 2.42. The molecule has 1 aromatic rings. The van der Waals surface area contributed by atoms with Gasteiger partial charge in [-0.2, -0.15) is 0 Å². The van der Waals surface area contributed by atoms with Crippen LogP contribution in [0.15, 0.2) is 18.2 Å². The predicted molar refractivity (Wildman–Crippen MR) is 65.2 cm³/mol. The highest BCUT2D eigenvalue weighted by atomic mass is 16.6. The van der Waals surface area contributed by atoms with Crippen LogP contribution in [0.5, 0.6) is 0 Å². The summed E-state index contributed by atoms with van der Waals surface area (Å²) in [4.78, 5) is 13.5. The summed E-state index contributed by atoms with van der Waals surface area (Å²) in [5.74, 6) is 0. The summed E-state index contributed by atoms with van der Waals surface area (Å²) in [5, 5.41) is 8.97. The van der Waals surface area contributed by atoms with Gasteiger partial charge in [-0.15, -0.1) is 0 Å². The number of nitrogens with zero attached hydrogens (tertiary/aromatic N) is 1. The van der Waals surface area contributed by atoms with Gasteiger partial charge in [0.2, 0.25) is 0 Å². The summed E-state index contributed by atoms with van der Waals surface area (Å²) in [5.41, 5.74) is 3.06. The highest BCUT2D eigenvalue weighted by Crippen LogP contribution is 2.25. The third-order valence-electron chi connectivity index (χ3n) is 3.02. The fraction of sp³-hybridized carbons (Fsp3) is 0.462. The van der Waals surface area contributed by atoms with Crippen LogP contribution in [-0.2, 0) is 4.74 Å². The van der Waals surface area contributed by atoms with Crippen molar-refractivity contribution in [1.82, 2.24) is 0 Å². The highest BCUT2D eigenvalue weighted by Gasteiger charge is 2.28. The summed E-state index contributed by atoms with van der Waals surface area (Å²) in [7, 11) is 0. The van der Waals surface area contributed by atoms with Gasteiger partial charge in [-0.25, -0.2) is 4.79 Å². The molecule has 0 aliphatic carbocycles. The van der Waals surface area contributed by atoms with Gasteiger partial charge in [-0.05, 0) is 31.0 Å². The molecule has 0 aromatic heterocycles. The number of aliphatic hydroxyl groups is 1. The molecule has 1 heterocycles. The monoisotopic (exact) mass is 235 g/mol. The summed E-state index contributed by atoms with van der Waals surface area (Å²) >= 11 is 0. The van der Waals surface area contributed by atoms with Gasteiger partial charge in [0.15, 0.2) is 0 Å². The molecule has 1 atom stereocenters. The van der Waals surface area contributed by atoms with Crippen LogP contribution in [0, 0.1) is 13.8 Å². The summed E-state index contributed by atoms with van der Waals surface area (Å²) in [6.07, 6.45) is -0.0665. The first-order valence-corrected chi connectivity index (χ1v) is 5.78. The Balaban J connectivity index is 2.23. The fourth-order valence-electron chi connectivity index (χ4n) is 1.99. The second-order valence-electron chi connectivity index (χ2n) is 4.42. The van der Waals surface area contributed by atoms with Gasteiger partial charge in [-0.1, -0.05) is 12.1 Å². The molecule has 92 valence electrons. The molecule has 0 bridgehead atoms. The Kier molecular flexibility index (Phi) is 3.33. The molecular weight excluding hydrogens is 218 g/mol. The van der Waals surface area contributed by atoms with E-state index in [1.165, 1.54) is 0 Å². The SMILES string of the molecule is Cc1ccc(C)c(N2CCC(CO)OC2=O)c1. The average molecular weight is 235 g/mol. The standard InChI is InChI=1S/C13H17NO3/c1-9-3-4-10(2)12(7-9)14-6-5-11(8-15)17-13(14)16/h3-4,7,11,15H,5-6,8H2,1-2H3. The van der Waals surface area contributed by atoms with E-state index in [0.717, 1.165) is 16.8 Å². The van der Waals surface area contributed by atoms with Gasteiger partial charge in [0.05, 0.1) is 12.3 Å². The Morgan fingerprint density at radius 2 is 2.24 bits per heavy atom. The number of hydrogen-bond donors (Lipinski definition) is 1. The minimum absolute atomic E-state index is 0.105. The van der Waals surface area contributed by atoms with E-state index in [2.05, 4.69) is 0 Å². The number of hydrogen-bond acceptors (Lipinski definition) is 3. The van der Waals surface area contributed by atoms with Crippen molar-refractivity contribution in [3.63, 3.8) is 0 Å². The van der Waals surface area contributed by atoms with Crippen molar-refractivity contribution in [2.24, 2.45) is 0 Å². The Labute approximate surface area is 101 Å². The number of benzene rings is 1. The highest BCUT2D eigenvalue weighted by molar-refractivity contribution is 5.89. The van der Waals surface area contributed by atoms with Crippen LogP contribution in [0.4, 0.5) is 10.5 Å². The number of aryl methyl sites for hydroxylation is 2. The quantitative estimate of drug-likeness (QED) is 0.853. The van der Waals surface area contributed by atoms with E-state index in [1.54, 1.807) is 4.90 Å². The fourth-order valence-corrected chi connectivity index (χ4v) is 1.99. The third-order valence-corrected chi connectivity index (χ3v) is 3.02. The van der Waals surface area contributed by atoms with Crippen LogP contribution in [0.2, 0.25) is 0 Å². The molecule has 1 amide bonds. The number of carbonyl (C=O) groups is 1. The van der Waals surface area contributed by atoms with E-state index in [0.29, 0.717) is 13.0 Å². The van der Waals surface area contributed by atoms with Crippen molar-refractivity contribution >= 4 is 11.8 Å². The van der Waals surface area contributed by atoms with Gasteiger partial charge >= 0.3 is 6.09 Å². The minimum atomic E-state index is -0.371. The minimum Gasteiger partial charge on any atom is -0.443 e. The van der Waals surface area contributed by atoms with E-state index in [1.807, 2.05) is 32.0 Å². The van der Waals surface area contributed by atoms with Crippen molar-refractivity contribution in [1.29, 1.82) is 0 Å². The number of anilines is 1. The lowest BCUT2D eigenvalue weighted by Crippen LogP contribution is -2.43. The molecule has 1 fully saturated rings.